The molecule has 0 radical (unpaired) electrons. The smallest absolute Gasteiger partial charge is 0.00104 e. The van der Waals surface area contributed by atoms with Crippen LogP contribution in [0.2, 0.25) is 0 Å². The second-order valence-corrected chi connectivity index (χ2v) is 5.68. The fraction of sp³-hybridized carbons (Fsp3) is 0.692. The molecule has 0 saturated carbocycles. The van der Waals surface area contributed by atoms with Crippen LogP contribution in [0.5, 0.6) is 0 Å². The van der Waals surface area contributed by atoms with Gasteiger partial charge in [-0.2, -0.15) is 11.3 Å². The highest BCUT2D eigenvalue weighted by molar-refractivity contribution is 7.07. The molecule has 1 heterocycles. The van der Waals surface area contributed by atoms with Crippen molar-refractivity contribution in [3.8, 4) is 0 Å². The van der Waals surface area contributed by atoms with Gasteiger partial charge in [0.05, 0.1) is 0 Å². The molecule has 86 valence electrons. The van der Waals surface area contributed by atoms with E-state index in [9.17, 15) is 0 Å². The summed E-state index contributed by atoms with van der Waals surface area (Å²) in [5.74, 6) is 1.50. The minimum absolute atomic E-state index is 0.591. The van der Waals surface area contributed by atoms with E-state index in [4.69, 9.17) is 0 Å². The normalized spacial score (nSPS) is 13.7. The van der Waals surface area contributed by atoms with Crippen molar-refractivity contribution in [3.63, 3.8) is 0 Å². The zero-order valence-electron chi connectivity index (χ0n) is 10.3. The van der Waals surface area contributed by atoms with Gasteiger partial charge in [0, 0.05) is 6.04 Å². The molecule has 0 aliphatic rings. The number of rotatable bonds is 6. The van der Waals surface area contributed by atoms with Crippen LogP contribution in [-0.2, 0) is 6.42 Å². The Bertz CT molecular complexity index is 252. The second-order valence-electron chi connectivity index (χ2n) is 4.90. The van der Waals surface area contributed by atoms with Crippen molar-refractivity contribution in [1.82, 2.24) is 5.32 Å². The van der Waals surface area contributed by atoms with Gasteiger partial charge in [-0.1, -0.05) is 27.7 Å². The molecule has 1 nitrogen and oxygen atoms in total. The molecule has 0 aliphatic heterocycles. The standard InChI is InChI=1S/C13H23NS/c1-10(2)13(8-14-11(3)4)7-12-5-6-15-9-12/h5-6,9-11,13-14H,7-8H2,1-4H3. The lowest BCUT2D eigenvalue weighted by atomic mass is 9.90. The van der Waals surface area contributed by atoms with Gasteiger partial charge in [0.25, 0.3) is 0 Å². The first-order valence-electron chi connectivity index (χ1n) is 5.84. The fourth-order valence-corrected chi connectivity index (χ4v) is 2.32. The van der Waals surface area contributed by atoms with E-state index in [1.165, 1.54) is 12.0 Å². The second kappa shape index (κ2) is 6.29. The van der Waals surface area contributed by atoms with E-state index in [0.717, 1.165) is 18.4 Å². The van der Waals surface area contributed by atoms with Crippen LogP contribution in [0.25, 0.3) is 0 Å². The highest BCUT2D eigenvalue weighted by atomic mass is 32.1. The molecule has 1 atom stereocenters. The summed E-state index contributed by atoms with van der Waals surface area (Å²) in [6, 6.07) is 2.84. The van der Waals surface area contributed by atoms with E-state index in [-0.39, 0.29) is 0 Å². The van der Waals surface area contributed by atoms with Gasteiger partial charge in [0.1, 0.15) is 0 Å². The molecule has 0 amide bonds. The average molecular weight is 225 g/mol. The van der Waals surface area contributed by atoms with E-state index in [0.29, 0.717) is 6.04 Å². The van der Waals surface area contributed by atoms with Gasteiger partial charge in [-0.3, -0.25) is 0 Å². The van der Waals surface area contributed by atoms with Crippen molar-refractivity contribution in [3.05, 3.63) is 22.4 Å². The largest absolute Gasteiger partial charge is 0.314 e. The minimum Gasteiger partial charge on any atom is -0.314 e. The van der Waals surface area contributed by atoms with Crippen LogP contribution in [0.4, 0.5) is 0 Å². The maximum absolute atomic E-state index is 3.54. The summed E-state index contributed by atoms with van der Waals surface area (Å²) >= 11 is 1.80. The number of hydrogen-bond acceptors (Lipinski definition) is 2. The van der Waals surface area contributed by atoms with Gasteiger partial charge in [0.15, 0.2) is 0 Å². The third kappa shape index (κ3) is 4.80. The van der Waals surface area contributed by atoms with Crippen LogP contribution in [0.15, 0.2) is 16.8 Å². The summed E-state index contributed by atoms with van der Waals surface area (Å²) in [5.41, 5.74) is 1.49. The highest BCUT2D eigenvalue weighted by Gasteiger charge is 2.14. The molecule has 2 heteroatoms. The lowest BCUT2D eigenvalue weighted by Gasteiger charge is -2.22. The first kappa shape index (κ1) is 12.7. The van der Waals surface area contributed by atoms with Gasteiger partial charge in [0.2, 0.25) is 0 Å². The molecular formula is C13H23NS. The van der Waals surface area contributed by atoms with Gasteiger partial charge < -0.3 is 5.32 Å². The maximum Gasteiger partial charge on any atom is 0.00104 e. The van der Waals surface area contributed by atoms with Crippen molar-refractivity contribution in [2.45, 2.75) is 40.2 Å². The molecule has 1 aromatic rings. The molecule has 0 aromatic carbocycles. The topological polar surface area (TPSA) is 12.0 Å². The summed E-state index contributed by atoms with van der Waals surface area (Å²) in [4.78, 5) is 0. The molecule has 0 spiro atoms. The van der Waals surface area contributed by atoms with E-state index >= 15 is 0 Å². The average Bonchev–Trinajstić information content (AvgIpc) is 2.63. The van der Waals surface area contributed by atoms with Crippen LogP contribution in [0.3, 0.4) is 0 Å². The number of nitrogens with one attached hydrogen (secondary N) is 1. The predicted octanol–water partition coefficient (Wildman–Crippen LogP) is 3.56. The maximum atomic E-state index is 3.54. The van der Waals surface area contributed by atoms with E-state index < -0.39 is 0 Å². The first-order chi connectivity index (χ1) is 7.09. The van der Waals surface area contributed by atoms with Crippen LogP contribution >= 0.6 is 11.3 Å². The molecule has 1 unspecified atom stereocenters. The summed E-state index contributed by atoms with van der Waals surface area (Å²) < 4.78 is 0. The number of hydrogen-bond donors (Lipinski definition) is 1. The van der Waals surface area contributed by atoms with Gasteiger partial charge in [-0.05, 0) is 47.2 Å². The van der Waals surface area contributed by atoms with Crippen molar-refractivity contribution >= 4 is 11.3 Å². The molecule has 0 saturated heterocycles. The van der Waals surface area contributed by atoms with Gasteiger partial charge in [-0.25, -0.2) is 0 Å². The van der Waals surface area contributed by atoms with Crippen molar-refractivity contribution < 1.29 is 0 Å². The summed E-state index contributed by atoms with van der Waals surface area (Å²) in [6.07, 6.45) is 1.21. The van der Waals surface area contributed by atoms with E-state index in [2.05, 4.69) is 49.8 Å². The summed E-state index contributed by atoms with van der Waals surface area (Å²) in [6.45, 7) is 10.2. The molecule has 1 aromatic heterocycles. The molecule has 0 bridgehead atoms. The van der Waals surface area contributed by atoms with Crippen LogP contribution < -0.4 is 5.32 Å². The monoisotopic (exact) mass is 225 g/mol. The van der Waals surface area contributed by atoms with Gasteiger partial charge >= 0.3 is 0 Å². The zero-order valence-corrected chi connectivity index (χ0v) is 11.1. The zero-order chi connectivity index (χ0) is 11.3. The fourth-order valence-electron chi connectivity index (χ4n) is 1.64. The number of thiophene rings is 1. The third-order valence-electron chi connectivity index (χ3n) is 2.81. The summed E-state index contributed by atoms with van der Waals surface area (Å²) in [7, 11) is 0. The Hall–Kier alpha value is -0.340. The Morgan fingerprint density at radius 1 is 1.27 bits per heavy atom. The highest BCUT2D eigenvalue weighted by Crippen LogP contribution is 2.18. The predicted molar refractivity (Wildman–Crippen MR) is 69.5 cm³/mol. The molecule has 0 aliphatic carbocycles. The molecule has 1 N–H and O–H groups in total. The quantitative estimate of drug-likeness (QED) is 0.780. The third-order valence-corrected chi connectivity index (χ3v) is 3.54. The van der Waals surface area contributed by atoms with Crippen molar-refractivity contribution in [2.75, 3.05) is 6.54 Å². The van der Waals surface area contributed by atoms with Crippen molar-refractivity contribution in [1.29, 1.82) is 0 Å². The first-order valence-corrected chi connectivity index (χ1v) is 6.78. The Kier molecular flexibility index (Phi) is 5.34. The Labute approximate surface area is 97.9 Å². The van der Waals surface area contributed by atoms with E-state index in [1.807, 2.05) is 0 Å². The molecule has 15 heavy (non-hydrogen) atoms. The van der Waals surface area contributed by atoms with Crippen LogP contribution in [0, 0.1) is 11.8 Å². The lowest BCUT2D eigenvalue weighted by Crippen LogP contribution is -2.32. The van der Waals surface area contributed by atoms with Crippen LogP contribution in [-0.4, -0.2) is 12.6 Å². The lowest BCUT2D eigenvalue weighted by molar-refractivity contribution is 0.349. The Morgan fingerprint density at radius 2 is 2.00 bits per heavy atom. The Balaban J connectivity index is 2.44. The Morgan fingerprint density at radius 3 is 2.47 bits per heavy atom. The van der Waals surface area contributed by atoms with E-state index in [1.54, 1.807) is 11.3 Å². The van der Waals surface area contributed by atoms with Crippen LogP contribution in [0.1, 0.15) is 33.3 Å². The summed E-state index contributed by atoms with van der Waals surface area (Å²) in [5, 5.41) is 7.98. The SMILES string of the molecule is CC(C)NCC(Cc1ccsc1)C(C)C. The van der Waals surface area contributed by atoms with Crippen molar-refractivity contribution in [2.24, 2.45) is 11.8 Å². The minimum atomic E-state index is 0.591. The molecular weight excluding hydrogens is 202 g/mol. The van der Waals surface area contributed by atoms with Gasteiger partial charge in [-0.15, -0.1) is 0 Å². The molecule has 1 rings (SSSR count). The molecule has 0 fully saturated rings.